The Bertz CT molecular complexity index is 1610. The van der Waals surface area contributed by atoms with E-state index in [0.29, 0.717) is 37.9 Å². The molecule has 42 heavy (non-hydrogen) atoms. The van der Waals surface area contributed by atoms with Crippen LogP contribution < -0.4 is 15.9 Å². The van der Waals surface area contributed by atoms with Gasteiger partial charge in [0.05, 0.1) is 12.6 Å². The fraction of sp³-hybridized carbons (Fsp3) is 0.367. The van der Waals surface area contributed by atoms with E-state index in [9.17, 15) is 27.6 Å². The molecule has 0 radical (unpaired) electrons. The van der Waals surface area contributed by atoms with E-state index in [1.807, 2.05) is 25.1 Å². The van der Waals surface area contributed by atoms with E-state index in [1.165, 1.54) is 11.3 Å². The van der Waals surface area contributed by atoms with E-state index in [1.54, 1.807) is 21.6 Å². The minimum absolute atomic E-state index is 0.0111. The third-order valence-electron chi connectivity index (χ3n) is 8.51. The molecular weight excluding hydrogens is 553 g/mol. The molecule has 12 heteroatoms. The molecule has 0 unspecified atom stereocenters. The summed E-state index contributed by atoms with van der Waals surface area (Å²) in [4.78, 5) is 47.8. The molecule has 9 nitrogen and oxygen atoms in total. The van der Waals surface area contributed by atoms with Crippen LogP contribution in [0.4, 0.5) is 13.2 Å². The normalized spacial score (nSPS) is 23.6. The largest absolute Gasteiger partial charge is 0.483 e. The number of nitrogens with two attached hydrogens (primary N) is 1. The maximum atomic E-state index is 14.5. The van der Waals surface area contributed by atoms with Crippen LogP contribution >= 0.6 is 0 Å². The maximum absolute atomic E-state index is 14.5. The Balaban J connectivity index is 1.42. The molecule has 1 spiro atoms. The van der Waals surface area contributed by atoms with Gasteiger partial charge < -0.3 is 19.9 Å². The Labute approximate surface area is 239 Å². The number of halogens is 3. The molecule has 2 amide bonds. The molecule has 3 atom stereocenters. The number of carbonyl (C=O) groups is 2. The standard InChI is InChI=1S/C30H29F3N4O5/c1-17-7-8-30(9-10-35(42-30)13-20-22(32)11-19(31)12-23(20)33)24-15-36(17)29(40)25-27(41-16-18-5-3-2-4-6-18)26(38)21(28(34)39)14-37(24)25/h2-6,11-12,14,17,24H,7-10,13,15-16H2,1H3,(H2,34,39)/t17-,24+,30-/m0/s1. The highest BCUT2D eigenvalue weighted by atomic mass is 19.1. The van der Waals surface area contributed by atoms with Gasteiger partial charge in [0.2, 0.25) is 5.43 Å². The number of hydrogen-bond acceptors (Lipinski definition) is 6. The number of hydrogen-bond donors (Lipinski definition) is 1. The molecule has 3 aromatic rings. The van der Waals surface area contributed by atoms with Gasteiger partial charge in [-0.05, 0) is 31.7 Å². The number of hydroxylamine groups is 2. The lowest BCUT2D eigenvalue weighted by molar-refractivity contribution is -0.217. The van der Waals surface area contributed by atoms with Crippen molar-refractivity contribution in [1.82, 2.24) is 14.5 Å². The molecule has 2 fully saturated rings. The SMILES string of the molecule is C[C@H]1CC[C@]2(CCN(Cc3c(F)cc(F)cc3F)O2)[C@H]2CN1C(=O)c1c(OCc3ccccc3)c(=O)c(C(N)=O)cn12. The number of amides is 2. The molecule has 3 aliphatic heterocycles. The van der Waals surface area contributed by atoms with Gasteiger partial charge in [0.1, 0.15) is 35.2 Å². The number of ether oxygens (including phenoxy) is 1. The number of nitrogens with zero attached hydrogens (tertiary/aromatic N) is 3. The summed E-state index contributed by atoms with van der Waals surface area (Å²) in [6, 6.07) is 9.51. The Morgan fingerprint density at radius 1 is 1.12 bits per heavy atom. The van der Waals surface area contributed by atoms with Gasteiger partial charge in [-0.3, -0.25) is 19.2 Å². The van der Waals surface area contributed by atoms with Crippen molar-refractivity contribution in [3.8, 4) is 5.75 Å². The van der Waals surface area contributed by atoms with Gasteiger partial charge in [0.25, 0.3) is 11.8 Å². The van der Waals surface area contributed by atoms with E-state index in [2.05, 4.69) is 0 Å². The zero-order valence-electron chi connectivity index (χ0n) is 22.8. The van der Waals surface area contributed by atoms with Crippen molar-refractivity contribution in [2.45, 2.75) is 57.0 Å². The van der Waals surface area contributed by atoms with Crippen molar-refractivity contribution in [3.05, 3.63) is 98.7 Å². The Morgan fingerprint density at radius 2 is 1.83 bits per heavy atom. The number of aromatic nitrogens is 1. The minimum Gasteiger partial charge on any atom is -0.483 e. The van der Waals surface area contributed by atoms with Crippen LogP contribution in [-0.2, 0) is 18.0 Å². The molecule has 220 valence electrons. The second-order valence-corrected chi connectivity index (χ2v) is 11.1. The predicted molar refractivity (Wildman–Crippen MR) is 144 cm³/mol. The zero-order valence-corrected chi connectivity index (χ0v) is 22.8. The van der Waals surface area contributed by atoms with Crippen molar-refractivity contribution in [2.75, 3.05) is 13.1 Å². The first-order valence-electron chi connectivity index (χ1n) is 13.7. The summed E-state index contributed by atoms with van der Waals surface area (Å²) in [5.41, 5.74) is 3.94. The molecule has 2 saturated heterocycles. The third-order valence-corrected chi connectivity index (χ3v) is 8.51. The van der Waals surface area contributed by atoms with Crippen molar-refractivity contribution in [3.63, 3.8) is 0 Å². The van der Waals surface area contributed by atoms with E-state index >= 15 is 0 Å². The summed E-state index contributed by atoms with van der Waals surface area (Å²) in [5.74, 6) is -4.72. The van der Waals surface area contributed by atoms with Crippen LogP contribution in [0.5, 0.6) is 5.75 Å². The Kier molecular flexibility index (Phi) is 7.06. The molecule has 0 aliphatic carbocycles. The van der Waals surface area contributed by atoms with Crippen molar-refractivity contribution < 1.29 is 32.3 Å². The van der Waals surface area contributed by atoms with Gasteiger partial charge in [-0.25, -0.2) is 13.2 Å². The second kappa shape index (κ2) is 10.6. The molecule has 3 aliphatic rings. The summed E-state index contributed by atoms with van der Waals surface area (Å²) in [6.07, 6.45) is 2.75. The summed E-state index contributed by atoms with van der Waals surface area (Å²) in [5, 5.41) is 1.43. The van der Waals surface area contributed by atoms with Crippen LogP contribution in [-0.4, -0.2) is 51.1 Å². The van der Waals surface area contributed by atoms with Crippen LogP contribution in [0.25, 0.3) is 0 Å². The number of pyridine rings is 1. The number of primary amides is 1. The Morgan fingerprint density at radius 3 is 2.52 bits per heavy atom. The zero-order chi connectivity index (χ0) is 29.8. The number of benzene rings is 2. The highest BCUT2D eigenvalue weighted by Gasteiger charge is 2.54. The summed E-state index contributed by atoms with van der Waals surface area (Å²) >= 11 is 0. The highest BCUT2D eigenvalue weighted by molar-refractivity contribution is 5.99. The van der Waals surface area contributed by atoms with Gasteiger partial charge in [-0.1, -0.05) is 30.3 Å². The highest BCUT2D eigenvalue weighted by Crippen LogP contribution is 2.47. The van der Waals surface area contributed by atoms with Gasteiger partial charge in [-0.2, -0.15) is 5.06 Å². The molecule has 6 rings (SSSR count). The van der Waals surface area contributed by atoms with E-state index < -0.39 is 46.3 Å². The fourth-order valence-corrected chi connectivity index (χ4v) is 6.24. The van der Waals surface area contributed by atoms with Gasteiger partial charge in [0, 0.05) is 43.0 Å². The second-order valence-electron chi connectivity index (χ2n) is 11.1. The van der Waals surface area contributed by atoms with Gasteiger partial charge in [0.15, 0.2) is 11.4 Å². The van der Waals surface area contributed by atoms with Crippen molar-refractivity contribution in [1.29, 1.82) is 0 Å². The summed E-state index contributed by atoms with van der Waals surface area (Å²) < 4.78 is 49.9. The molecule has 1 aromatic heterocycles. The van der Waals surface area contributed by atoms with Crippen LogP contribution in [0, 0.1) is 17.5 Å². The molecule has 4 heterocycles. The lowest BCUT2D eigenvalue weighted by Crippen LogP contribution is -2.52. The lowest BCUT2D eigenvalue weighted by Gasteiger charge is -2.43. The quantitative estimate of drug-likeness (QED) is 0.475. The fourth-order valence-electron chi connectivity index (χ4n) is 6.24. The average Bonchev–Trinajstić information content (AvgIpc) is 3.32. The smallest absolute Gasteiger partial charge is 0.274 e. The lowest BCUT2D eigenvalue weighted by atomic mass is 9.85. The van der Waals surface area contributed by atoms with Gasteiger partial charge in [-0.15, -0.1) is 0 Å². The first-order valence-corrected chi connectivity index (χ1v) is 13.7. The first-order chi connectivity index (χ1) is 20.1. The molecular formula is C30H29F3N4O5. The molecule has 2 N–H and O–H groups in total. The molecule has 2 bridgehead atoms. The van der Waals surface area contributed by atoms with E-state index in [-0.39, 0.29) is 48.3 Å². The minimum atomic E-state index is -1.02. The predicted octanol–water partition coefficient (Wildman–Crippen LogP) is 3.70. The number of fused-ring (bicyclic) bond motifs is 5. The monoisotopic (exact) mass is 582 g/mol. The van der Waals surface area contributed by atoms with E-state index in [4.69, 9.17) is 15.3 Å². The number of carbonyl (C=O) groups excluding carboxylic acids is 2. The molecule has 2 aromatic carbocycles. The van der Waals surface area contributed by atoms with Crippen LogP contribution in [0.15, 0.2) is 53.5 Å². The average molecular weight is 583 g/mol. The molecule has 0 saturated carbocycles. The third kappa shape index (κ3) is 4.74. The summed E-state index contributed by atoms with van der Waals surface area (Å²) in [7, 11) is 0. The van der Waals surface area contributed by atoms with Crippen molar-refractivity contribution in [2.24, 2.45) is 5.73 Å². The maximum Gasteiger partial charge on any atom is 0.274 e. The van der Waals surface area contributed by atoms with Crippen molar-refractivity contribution >= 4 is 11.8 Å². The topological polar surface area (TPSA) is 107 Å². The van der Waals surface area contributed by atoms with Crippen LogP contribution in [0.3, 0.4) is 0 Å². The van der Waals surface area contributed by atoms with Gasteiger partial charge >= 0.3 is 0 Å². The van der Waals surface area contributed by atoms with Crippen LogP contribution in [0.2, 0.25) is 0 Å². The summed E-state index contributed by atoms with van der Waals surface area (Å²) in [6.45, 7) is 2.12. The first kappa shape index (κ1) is 28.0. The van der Waals surface area contributed by atoms with Crippen LogP contribution in [0.1, 0.15) is 64.2 Å². The van der Waals surface area contributed by atoms with E-state index in [0.717, 1.165) is 5.56 Å². The Hall–Kier alpha value is -4.16. The number of rotatable bonds is 6.